The number of nitrogens with zero attached hydrogens (tertiary/aromatic N) is 5. The number of hydrogen-bond acceptors (Lipinski definition) is 6. The Balaban J connectivity index is 1.28. The Morgan fingerprint density at radius 3 is 2.53 bits per heavy atom. The van der Waals surface area contributed by atoms with Crippen LogP contribution in [0.25, 0.3) is 17.1 Å². The molecule has 0 aliphatic carbocycles. The van der Waals surface area contributed by atoms with Gasteiger partial charge in [-0.3, -0.25) is 14.3 Å². The molecule has 3 heterocycles. The number of ether oxygens (including phenoxy) is 1. The van der Waals surface area contributed by atoms with Gasteiger partial charge in [0.15, 0.2) is 11.0 Å². The molecule has 7 nitrogen and oxygen atoms in total. The molecule has 1 fully saturated rings. The number of likely N-dealkylation sites (tertiary alicyclic amines) is 1. The van der Waals surface area contributed by atoms with Gasteiger partial charge in [0.05, 0.1) is 18.6 Å². The van der Waals surface area contributed by atoms with E-state index in [1.54, 1.807) is 19.5 Å². The number of benzene rings is 2. The molecule has 0 atom stereocenters. The number of piperidine rings is 1. The van der Waals surface area contributed by atoms with Crippen molar-refractivity contribution in [1.29, 1.82) is 0 Å². The molecule has 1 amide bonds. The van der Waals surface area contributed by atoms with E-state index in [0.29, 0.717) is 28.4 Å². The third-order valence-electron chi connectivity index (χ3n) is 6.54. The average Bonchev–Trinajstić information content (AvgIpc) is 3.37. The Morgan fingerprint density at radius 1 is 1.00 bits per heavy atom. The quantitative estimate of drug-likeness (QED) is 0.321. The standard InChI is InChI=1S/C28H29N5O2S/c1-35-25-12-6-5-11-24(25)33-27(23-10-7-15-29-19-23)30-31-28(33)36-20-26(34)32-16-13-22(14-17-32)18-21-8-3-2-4-9-21/h2-12,15,19,22H,13-14,16-18,20H2,1H3. The number of pyridine rings is 1. The predicted molar refractivity (Wildman–Crippen MR) is 141 cm³/mol. The minimum Gasteiger partial charge on any atom is -0.495 e. The summed E-state index contributed by atoms with van der Waals surface area (Å²) in [6, 6.07) is 22.2. The van der Waals surface area contributed by atoms with E-state index in [2.05, 4.69) is 45.5 Å². The highest BCUT2D eigenvalue weighted by atomic mass is 32.2. The van der Waals surface area contributed by atoms with Crippen LogP contribution in [0, 0.1) is 5.92 Å². The van der Waals surface area contributed by atoms with Crippen molar-refractivity contribution in [2.24, 2.45) is 5.92 Å². The molecule has 0 unspecified atom stereocenters. The van der Waals surface area contributed by atoms with Gasteiger partial charge < -0.3 is 9.64 Å². The van der Waals surface area contributed by atoms with Crippen LogP contribution in [0.1, 0.15) is 18.4 Å². The maximum absolute atomic E-state index is 13.1. The Bertz CT molecular complexity index is 1290. The third kappa shape index (κ3) is 5.44. The Morgan fingerprint density at radius 2 is 1.78 bits per heavy atom. The van der Waals surface area contributed by atoms with Crippen molar-refractivity contribution in [3.05, 3.63) is 84.7 Å². The second kappa shape index (κ2) is 11.4. The van der Waals surface area contributed by atoms with Gasteiger partial charge >= 0.3 is 0 Å². The summed E-state index contributed by atoms with van der Waals surface area (Å²) in [6.45, 7) is 1.61. The normalized spacial score (nSPS) is 14.1. The van der Waals surface area contributed by atoms with Gasteiger partial charge in [0, 0.05) is 31.0 Å². The van der Waals surface area contributed by atoms with Gasteiger partial charge in [-0.1, -0.05) is 54.2 Å². The second-order valence-corrected chi connectivity index (χ2v) is 9.80. The molecule has 4 aromatic rings. The molecule has 0 saturated carbocycles. The number of rotatable bonds is 8. The molecule has 5 rings (SSSR count). The van der Waals surface area contributed by atoms with Crippen molar-refractivity contribution in [3.8, 4) is 22.8 Å². The number of aromatic nitrogens is 4. The minimum absolute atomic E-state index is 0.135. The van der Waals surface area contributed by atoms with Gasteiger partial charge in [-0.2, -0.15) is 0 Å². The molecule has 2 aromatic carbocycles. The van der Waals surface area contributed by atoms with E-state index in [0.717, 1.165) is 43.6 Å². The first-order valence-corrected chi connectivity index (χ1v) is 13.1. The summed E-state index contributed by atoms with van der Waals surface area (Å²) in [5, 5.41) is 9.54. The van der Waals surface area contributed by atoms with Crippen molar-refractivity contribution in [1.82, 2.24) is 24.6 Å². The predicted octanol–water partition coefficient (Wildman–Crippen LogP) is 4.91. The van der Waals surface area contributed by atoms with E-state index < -0.39 is 0 Å². The van der Waals surface area contributed by atoms with Crippen molar-refractivity contribution in [2.45, 2.75) is 24.4 Å². The lowest BCUT2D eigenvalue weighted by Gasteiger charge is -2.32. The second-order valence-electron chi connectivity index (χ2n) is 8.86. The van der Waals surface area contributed by atoms with E-state index in [4.69, 9.17) is 4.74 Å². The fourth-order valence-electron chi connectivity index (χ4n) is 4.63. The lowest BCUT2D eigenvalue weighted by atomic mass is 9.90. The van der Waals surface area contributed by atoms with Crippen molar-refractivity contribution in [3.63, 3.8) is 0 Å². The van der Waals surface area contributed by atoms with Gasteiger partial charge in [-0.25, -0.2) is 0 Å². The van der Waals surface area contributed by atoms with Crippen LogP contribution in [0.4, 0.5) is 0 Å². The lowest BCUT2D eigenvalue weighted by Crippen LogP contribution is -2.39. The summed E-state index contributed by atoms with van der Waals surface area (Å²) in [5.41, 5.74) is 3.04. The topological polar surface area (TPSA) is 73.1 Å². The third-order valence-corrected chi connectivity index (χ3v) is 7.45. The Kier molecular flexibility index (Phi) is 7.61. The van der Waals surface area contributed by atoms with Crippen LogP contribution < -0.4 is 4.74 Å². The summed E-state index contributed by atoms with van der Waals surface area (Å²) < 4.78 is 7.56. The maximum Gasteiger partial charge on any atom is 0.233 e. The zero-order chi connectivity index (χ0) is 24.7. The van der Waals surface area contributed by atoms with Crippen molar-refractivity contribution in [2.75, 3.05) is 26.0 Å². The molecule has 36 heavy (non-hydrogen) atoms. The number of amides is 1. The molecule has 2 aromatic heterocycles. The highest BCUT2D eigenvalue weighted by Gasteiger charge is 2.25. The number of methoxy groups -OCH3 is 1. The fraction of sp³-hybridized carbons (Fsp3) is 0.286. The molecule has 0 spiro atoms. The molecule has 0 radical (unpaired) electrons. The largest absolute Gasteiger partial charge is 0.495 e. The van der Waals surface area contributed by atoms with Crippen LogP contribution in [-0.2, 0) is 11.2 Å². The van der Waals surface area contributed by atoms with Crippen LogP contribution in [0.3, 0.4) is 0 Å². The SMILES string of the molecule is COc1ccccc1-n1c(SCC(=O)N2CCC(Cc3ccccc3)CC2)nnc1-c1cccnc1. The van der Waals surface area contributed by atoms with Crippen molar-refractivity contribution >= 4 is 17.7 Å². The van der Waals surface area contributed by atoms with Crippen LogP contribution in [0.2, 0.25) is 0 Å². The molecular weight excluding hydrogens is 470 g/mol. The molecule has 0 N–H and O–H groups in total. The summed E-state index contributed by atoms with van der Waals surface area (Å²) in [6.07, 6.45) is 6.64. The Labute approximate surface area is 215 Å². The molecule has 184 valence electrons. The van der Waals surface area contributed by atoms with Crippen LogP contribution in [0.5, 0.6) is 5.75 Å². The molecule has 1 aliphatic rings. The van der Waals surface area contributed by atoms with Crippen molar-refractivity contribution < 1.29 is 9.53 Å². The summed E-state index contributed by atoms with van der Waals surface area (Å²) in [4.78, 5) is 19.3. The zero-order valence-electron chi connectivity index (χ0n) is 20.3. The number of para-hydroxylation sites is 2. The van der Waals surface area contributed by atoms with E-state index in [-0.39, 0.29) is 5.91 Å². The van der Waals surface area contributed by atoms with E-state index >= 15 is 0 Å². The first kappa shape index (κ1) is 24.1. The highest BCUT2D eigenvalue weighted by molar-refractivity contribution is 7.99. The zero-order valence-corrected chi connectivity index (χ0v) is 21.1. The van der Waals surface area contributed by atoms with Crippen LogP contribution >= 0.6 is 11.8 Å². The molecule has 1 aliphatic heterocycles. The molecule has 8 heteroatoms. The Hall–Kier alpha value is -3.65. The first-order chi connectivity index (χ1) is 17.7. The summed E-state index contributed by atoms with van der Waals surface area (Å²) in [7, 11) is 1.64. The number of thioether (sulfide) groups is 1. The monoisotopic (exact) mass is 499 g/mol. The van der Waals surface area contributed by atoms with Gasteiger partial charge in [0.25, 0.3) is 0 Å². The lowest BCUT2D eigenvalue weighted by molar-refractivity contribution is -0.129. The van der Waals surface area contributed by atoms with Crippen LogP contribution in [-0.4, -0.2) is 56.5 Å². The summed E-state index contributed by atoms with van der Waals surface area (Å²) >= 11 is 1.40. The fourth-order valence-corrected chi connectivity index (χ4v) is 5.48. The van der Waals surface area contributed by atoms with Gasteiger partial charge in [-0.05, 0) is 55.0 Å². The molecule has 0 bridgehead atoms. The van der Waals surface area contributed by atoms with Gasteiger partial charge in [0.1, 0.15) is 5.75 Å². The molecule has 1 saturated heterocycles. The number of carbonyl (C=O) groups excluding carboxylic acids is 1. The van der Waals surface area contributed by atoms with E-state index in [1.165, 1.54) is 17.3 Å². The minimum atomic E-state index is 0.135. The number of carbonyl (C=O) groups is 1. The van der Waals surface area contributed by atoms with E-state index in [1.807, 2.05) is 45.9 Å². The van der Waals surface area contributed by atoms with Crippen LogP contribution in [0.15, 0.2) is 84.3 Å². The number of hydrogen-bond donors (Lipinski definition) is 0. The first-order valence-electron chi connectivity index (χ1n) is 12.2. The smallest absolute Gasteiger partial charge is 0.233 e. The summed E-state index contributed by atoms with van der Waals surface area (Å²) in [5.74, 6) is 2.43. The maximum atomic E-state index is 13.1. The van der Waals surface area contributed by atoms with E-state index in [9.17, 15) is 4.79 Å². The average molecular weight is 500 g/mol. The highest BCUT2D eigenvalue weighted by Crippen LogP contribution is 2.32. The molecular formula is C28H29N5O2S. The van der Waals surface area contributed by atoms with Gasteiger partial charge in [-0.15, -0.1) is 10.2 Å². The van der Waals surface area contributed by atoms with Gasteiger partial charge in [0.2, 0.25) is 5.91 Å².